The van der Waals surface area contributed by atoms with Gasteiger partial charge >= 0.3 is 5.97 Å². The van der Waals surface area contributed by atoms with E-state index in [4.69, 9.17) is 9.72 Å². The Labute approximate surface area is 154 Å². The number of aromatic nitrogens is 3. The van der Waals surface area contributed by atoms with Crippen molar-refractivity contribution in [3.05, 3.63) is 71.2 Å². The topological polar surface area (TPSA) is 57.0 Å². The second-order valence-electron chi connectivity index (χ2n) is 5.75. The van der Waals surface area contributed by atoms with Crippen LogP contribution in [-0.2, 0) is 11.3 Å². The van der Waals surface area contributed by atoms with Crippen LogP contribution in [0.4, 0.5) is 0 Å². The molecule has 0 amide bonds. The molecule has 0 saturated heterocycles. The lowest BCUT2D eigenvalue weighted by atomic mass is 10.2. The van der Waals surface area contributed by atoms with Crippen LogP contribution in [0, 0.1) is 0 Å². The Hall–Kier alpha value is -2.99. The van der Waals surface area contributed by atoms with Gasteiger partial charge in [0.05, 0.1) is 17.6 Å². The molecule has 4 rings (SSSR count). The molecule has 0 fully saturated rings. The van der Waals surface area contributed by atoms with Crippen molar-refractivity contribution >= 4 is 28.3 Å². The van der Waals surface area contributed by atoms with Crippen LogP contribution in [0.3, 0.4) is 0 Å². The van der Waals surface area contributed by atoms with E-state index in [1.165, 1.54) is 16.9 Å². The molecule has 0 aliphatic heterocycles. The van der Waals surface area contributed by atoms with Crippen molar-refractivity contribution in [3.8, 4) is 10.8 Å². The van der Waals surface area contributed by atoms with Gasteiger partial charge < -0.3 is 9.30 Å². The Morgan fingerprint density at radius 2 is 1.85 bits per heavy atom. The van der Waals surface area contributed by atoms with Gasteiger partial charge in [-0.05, 0) is 24.6 Å². The van der Waals surface area contributed by atoms with Gasteiger partial charge in [0.15, 0.2) is 16.5 Å². The highest BCUT2D eigenvalue weighted by molar-refractivity contribution is 7.13. The lowest BCUT2D eigenvalue weighted by Gasteiger charge is -2.08. The van der Waals surface area contributed by atoms with Crippen LogP contribution in [0.5, 0.6) is 0 Å². The van der Waals surface area contributed by atoms with Gasteiger partial charge in [0.1, 0.15) is 0 Å². The second kappa shape index (κ2) is 7.09. The molecule has 0 saturated carbocycles. The van der Waals surface area contributed by atoms with Crippen molar-refractivity contribution in [2.24, 2.45) is 0 Å². The van der Waals surface area contributed by atoms with Crippen LogP contribution in [0.15, 0.2) is 60.0 Å². The lowest BCUT2D eigenvalue weighted by molar-refractivity contribution is 0.0520. The number of hydrogen-bond donors (Lipinski definition) is 0. The fraction of sp³-hybridized carbons (Fsp3) is 0.150. The third-order valence-electron chi connectivity index (χ3n) is 4.02. The van der Waals surface area contributed by atoms with Crippen LogP contribution in [0.25, 0.3) is 21.9 Å². The first-order valence-corrected chi connectivity index (χ1v) is 9.26. The number of esters is 1. The number of rotatable bonds is 5. The molecule has 0 spiro atoms. The monoisotopic (exact) mass is 363 g/mol. The van der Waals surface area contributed by atoms with Gasteiger partial charge in [0.2, 0.25) is 0 Å². The first kappa shape index (κ1) is 16.5. The summed E-state index contributed by atoms with van der Waals surface area (Å²) in [6.07, 6.45) is 0. The molecule has 0 N–H and O–H groups in total. The van der Waals surface area contributed by atoms with Crippen molar-refractivity contribution in [3.63, 3.8) is 0 Å². The predicted octanol–water partition coefficient (Wildman–Crippen LogP) is 4.38. The van der Waals surface area contributed by atoms with E-state index >= 15 is 0 Å². The van der Waals surface area contributed by atoms with E-state index in [0.29, 0.717) is 23.9 Å². The van der Waals surface area contributed by atoms with Gasteiger partial charge in [-0.25, -0.2) is 14.8 Å². The highest BCUT2D eigenvalue weighted by Gasteiger charge is 2.18. The number of fused-ring (bicyclic) bond motifs is 1. The number of thiazole rings is 1. The largest absolute Gasteiger partial charge is 0.461 e. The third kappa shape index (κ3) is 3.11. The van der Waals surface area contributed by atoms with Crippen molar-refractivity contribution < 1.29 is 9.53 Å². The maximum absolute atomic E-state index is 11.9. The average Bonchev–Trinajstić information content (AvgIpc) is 3.28. The Kier molecular flexibility index (Phi) is 4.50. The van der Waals surface area contributed by atoms with E-state index in [-0.39, 0.29) is 0 Å². The third-order valence-corrected chi connectivity index (χ3v) is 4.86. The van der Waals surface area contributed by atoms with Gasteiger partial charge in [0, 0.05) is 11.9 Å². The van der Waals surface area contributed by atoms with Crippen LogP contribution in [0.1, 0.15) is 23.0 Å². The summed E-state index contributed by atoms with van der Waals surface area (Å²) in [5, 5.41) is 2.43. The van der Waals surface area contributed by atoms with Crippen molar-refractivity contribution in [1.82, 2.24) is 14.5 Å². The molecular formula is C20H17N3O2S. The van der Waals surface area contributed by atoms with Gasteiger partial charge in [-0.15, -0.1) is 11.3 Å². The second-order valence-corrected chi connectivity index (χ2v) is 6.61. The van der Waals surface area contributed by atoms with Crippen molar-refractivity contribution in [1.29, 1.82) is 0 Å². The number of carbonyl (C=O) groups is 1. The molecule has 0 atom stereocenters. The van der Waals surface area contributed by atoms with Crippen molar-refractivity contribution in [2.45, 2.75) is 13.5 Å². The number of hydrogen-bond acceptors (Lipinski definition) is 5. The molecule has 5 nitrogen and oxygen atoms in total. The van der Waals surface area contributed by atoms with E-state index in [2.05, 4.69) is 27.8 Å². The van der Waals surface area contributed by atoms with Gasteiger partial charge in [-0.1, -0.05) is 42.5 Å². The summed E-state index contributed by atoms with van der Waals surface area (Å²) in [6, 6.07) is 18.2. The van der Waals surface area contributed by atoms with Gasteiger partial charge in [0.25, 0.3) is 0 Å². The first-order chi connectivity index (χ1) is 12.8. The molecule has 0 unspecified atom stereocenters. The molecule has 130 valence electrons. The minimum Gasteiger partial charge on any atom is -0.461 e. The summed E-state index contributed by atoms with van der Waals surface area (Å²) in [5.74, 6) is 0.358. The number of benzene rings is 2. The SMILES string of the molecule is CCOC(=O)c1csc(-c2nc3ccccc3n2Cc2ccccc2)n1. The molecule has 0 bridgehead atoms. The molecular weight excluding hydrogens is 346 g/mol. The number of para-hydroxylation sites is 2. The fourth-order valence-corrected chi connectivity index (χ4v) is 3.62. The highest BCUT2D eigenvalue weighted by atomic mass is 32.1. The zero-order valence-corrected chi connectivity index (χ0v) is 15.1. The van der Waals surface area contributed by atoms with E-state index in [1.54, 1.807) is 12.3 Å². The Bertz CT molecular complexity index is 1050. The van der Waals surface area contributed by atoms with Crippen LogP contribution < -0.4 is 0 Å². The molecule has 26 heavy (non-hydrogen) atoms. The van der Waals surface area contributed by atoms with Gasteiger partial charge in [-0.2, -0.15) is 0 Å². The minimum atomic E-state index is -0.402. The van der Waals surface area contributed by atoms with E-state index in [1.807, 2.05) is 36.4 Å². The Morgan fingerprint density at radius 3 is 2.65 bits per heavy atom. The number of nitrogens with zero attached hydrogens (tertiary/aromatic N) is 3. The molecule has 2 heterocycles. The molecule has 0 aliphatic carbocycles. The van der Waals surface area contributed by atoms with Crippen LogP contribution in [0.2, 0.25) is 0 Å². The molecule has 6 heteroatoms. The summed E-state index contributed by atoms with van der Waals surface area (Å²) < 4.78 is 7.18. The number of ether oxygens (including phenoxy) is 1. The fourth-order valence-electron chi connectivity index (χ4n) is 2.84. The molecule has 0 radical (unpaired) electrons. The molecule has 2 aromatic carbocycles. The van der Waals surface area contributed by atoms with E-state index in [9.17, 15) is 4.79 Å². The number of imidazole rings is 1. The first-order valence-electron chi connectivity index (χ1n) is 8.38. The molecule has 2 aromatic heterocycles. The van der Waals surface area contributed by atoms with Crippen LogP contribution in [-0.4, -0.2) is 27.1 Å². The maximum atomic E-state index is 11.9. The zero-order valence-electron chi connectivity index (χ0n) is 14.3. The smallest absolute Gasteiger partial charge is 0.357 e. The van der Waals surface area contributed by atoms with Crippen LogP contribution >= 0.6 is 11.3 Å². The zero-order chi connectivity index (χ0) is 17.9. The summed E-state index contributed by atoms with van der Waals surface area (Å²) in [4.78, 5) is 21.1. The minimum absolute atomic E-state index is 0.324. The molecule has 0 aliphatic rings. The molecule has 4 aromatic rings. The summed E-state index contributed by atoms with van der Waals surface area (Å²) >= 11 is 1.40. The van der Waals surface area contributed by atoms with Gasteiger partial charge in [-0.3, -0.25) is 0 Å². The summed E-state index contributed by atoms with van der Waals surface area (Å²) in [6.45, 7) is 2.80. The predicted molar refractivity (Wildman–Crippen MR) is 102 cm³/mol. The maximum Gasteiger partial charge on any atom is 0.357 e. The quantitative estimate of drug-likeness (QED) is 0.494. The normalized spacial score (nSPS) is 11.0. The number of carbonyl (C=O) groups excluding carboxylic acids is 1. The van der Waals surface area contributed by atoms with E-state index in [0.717, 1.165) is 16.9 Å². The lowest BCUT2D eigenvalue weighted by Crippen LogP contribution is -2.05. The van der Waals surface area contributed by atoms with E-state index < -0.39 is 5.97 Å². The average molecular weight is 363 g/mol. The summed E-state index contributed by atoms with van der Waals surface area (Å²) in [5.41, 5.74) is 3.45. The highest BCUT2D eigenvalue weighted by Crippen LogP contribution is 2.28. The van der Waals surface area contributed by atoms with Crippen molar-refractivity contribution in [2.75, 3.05) is 6.61 Å². The standard InChI is InChI=1S/C20H17N3O2S/c1-2-25-20(24)16-13-26-19(22-16)18-21-15-10-6-7-11-17(15)23(18)12-14-8-4-3-5-9-14/h3-11,13H,2,12H2,1H3. The Balaban J connectivity index is 1.79. The Morgan fingerprint density at radius 1 is 1.08 bits per heavy atom. The summed E-state index contributed by atoms with van der Waals surface area (Å²) in [7, 11) is 0.